The van der Waals surface area contributed by atoms with E-state index in [1.165, 1.54) is 19.8 Å². The van der Waals surface area contributed by atoms with Crippen molar-refractivity contribution in [2.75, 3.05) is 14.2 Å². The molecule has 0 heterocycles. The van der Waals surface area contributed by atoms with Crippen molar-refractivity contribution >= 4 is 17.5 Å². The normalized spacial score (nSPS) is 11.7. The van der Waals surface area contributed by atoms with E-state index in [1.807, 2.05) is 19.1 Å². The molecule has 0 aliphatic heterocycles. The molecular weight excluding hydrogens is 326 g/mol. The van der Waals surface area contributed by atoms with Gasteiger partial charge in [0.1, 0.15) is 0 Å². The van der Waals surface area contributed by atoms with Crippen LogP contribution in [0.2, 0.25) is 5.02 Å². The van der Waals surface area contributed by atoms with Gasteiger partial charge >= 0.3 is 0 Å². The van der Waals surface area contributed by atoms with Gasteiger partial charge in [-0.25, -0.2) is 0 Å². The van der Waals surface area contributed by atoms with Gasteiger partial charge < -0.3 is 14.8 Å². The van der Waals surface area contributed by atoms with Crippen molar-refractivity contribution in [2.45, 2.75) is 26.3 Å². The Hall–Kier alpha value is -2.20. The SMILES string of the molecule is CCc1ccc(C(C)NC(=O)c2cc(Cl)c(OC)c(OC)c2)cc1. The molecule has 24 heavy (non-hydrogen) atoms. The van der Waals surface area contributed by atoms with Gasteiger partial charge in [-0.05, 0) is 36.6 Å². The number of halogens is 1. The topological polar surface area (TPSA) is 47.6 Å². The fraction of sp³-hybridized carbons (Fsp3) is 0.316. The van der Waals surface area contributed by atoms with Gasteiger partial charge in [-0.3, -0.25) is 4.79 Å². The number of methoxy groups -OCH3 is 2. The third-order valence-corrected chi connectivity index (χ3v) is 4.21. The van der Waals surface area contributed by atoms with Crippen LogP contribution >= 0.6 is 11.6 Å². The van der Waals surface area contributed by atoms with E-state index in [-0.39, 0.29) is 11.9 Å². The number of nitrogens with one attached hydrogen (secondary N) is 1. The van der Waals surface area contributed by atoms with Crippen molar-refractivity contribution in [3.8, 4) is 11.5 Å². The summed E-state index contributed by atoms with van der Waals surface area (Å²) in [6, 6.07) is 11.3. The molecule has 2 aromatic carbocycles. The largest absolute Gasteiger partial charge is 0.493 e. The standard InChI is InChI=1S/C19H22ClNO3/c1-5-13-6-8-14(9-7-13)12(2)21-19(22)15-10-16(20)18(24-4)17(11-15)23-3/h6-12H,5H2,1-4H3,(H,21,22). The Morgan fingerprint density at radius 1 is 1.17 bits per heavy atom. The van der Waals surface area contributed by atoms with Crippen LogP contribution in [0.5, 0.6) is 11.5 Å². The van der Waals surface area contributed by atoms with Crippen molar-refractivity contribution in [1.29, 1.82) is 0 Å². The number of amides is 1. The average molecular weight is 348 g/mol. The molecule has 0 bridgehead atoms. The lowest BCUT2D eigenvalue weighted by atomic mass is 10.0. The van der Waals surface area contributed by atoms with Crippen molar-refractivity contribution in [3.63, 3.8) is 0 Å². The summed E-state index contributed by atoms with van der Waals surface area (Å²) in [4.78, 5) is 12.5. The molecule has 0 radical (unpaired) electrons. The number of rotatable bonds is 6. The third-order valence-electron chi connectivity index (χ3n) is 3.93. The van der Waals surface area contributed by atoms with E-state index in [2.05, 4.69) is 24.4 Å². The van der Waals surface area contributed by atoms with Crippen LogP contribution < -0.4 is 14.8 Å². The second-order valence-corrected chi connectivity index (χ2v) is 5.89. The minimum Gasteiger partial charge on any atom is -0.493 e. The summed E-state index contributed by atoms with van der Waals surface area (Å²) in [6.45, 7) is 4.06. The molecule has 2 aromatic rings. The Morgan fingerprint density at radius 2 is 1.83 bits per heavy atom. The van der Waals surface area contributed by atoms with E-state index in [1.54, 1.807) is 12.1 Å². The molecule has 1 atom stereocenters. The molecule has 0 aliphatic carbocycles. The number of hydrogen-bond acceptors (Lipinski definition) is 3. The highest BCUT2D eigenvalue weighted by molar-refractivity contribution is 6.32. The highest BCUT2D eigenvalue weighted by Crippen LogP contribution is 2.36. The lowest BCUT2D eigenvalue weighted by Crippen LogP contribution is -2.26. The summed E-state index contributed by atoms with van der Waals surface area (Å²) in [5, 5.41) is 3.31. The summed E-state index contributed by atoms with van der Waals surface area (Å²) in [7, 11) is 3.01. The Balaban J connectivity index is 2.18. The van der Waals surface area contributed by atoms with Crippen molar-refractivity contribution in [1.82, 2.24) is 5.32 Å². The maximum Gasteiger partial charge on any atom is 0.251 e. The zero-order valence-corrected chi connectivity index (χ0v) is 15.1. The molecule has 1 amide bonds. The molecule has 1 unspecified atom stereocenters. The molecule has 0 spiro atoms. The van der Waals surface area contributed by atoms with E-state index in [0.29, 0.717) is 22.1 Å². The molecule has 0 fully saturated rings. The first-order chi connectivity index (χ1) is 11.5. The highest BCUT2D eigenvalue weighted by atomic mass is 35.5. The lowest BCUT2D eigenvalue weighted by Gasteiger charge is -2.16. The maximum atomic E-state index is 12.5. The van der Waals surface area contributed by atoms with Crippen LogP contribution in [0.1, 0.15) is 41.4 Å². The molecule has 0 aromatic heterocycles. The summed E-state index contributed by atoms with van der Waals surface area (Å²) >= 11 is 6.16. The van der Waals surface area contributed by atoms with Crippen LogP contribution in [-0.2, 0) is 6.42 Å². The number of benzene rings is 2. The van der Waals surface area contributed by atoms with Crippen molar-refractivity contribution in [3.05, 3.63) is 58.1 Å². The summed E-state index contributed by atoms with van der Waals surface area (Å²) in [5.74, 6) is 0.624. The molecule has 1 N–H and O–H groups in total. The fourth-order valence-electron chi connectivity index (χ4n) is 2.45. The van der Waals surface area contributed by atoms with Crippen LogP contribution in [0.15, 0.2) is 36.4 Å². The molecular formula is C19H22ClNO3. The monoisotopic (exact) mass is 347 g/mol. The highest BCUT2D eigenvalue weighted by Gasteiger charge is 2.17. The third kappa shape index (κ3) is 4.01. The zero-order valence-electron chi connectivity index (χ0n) is 14.4. The second kappa shape index (κ2) is 8.06. The van der Waals surface area contributed by atoms with Gasteiger partial charge in [0, 0.05) is 5.56 Å². The average Bonchev–Trinajstić information content (AvgIpc) is 2.60. The second-order valence-electron chi connectivity index (χ2n) is 5.48. The number of aryl methyl sites for hydroxylation is 1. The van der Waals surface area contributed by atoms with Crippen LogP contribution in [0.4, 0.5) is 0 Å². The van der Waals surface area contributed by atoms with Crippen molar-refractivity contribution in [2.24, 2.45) is 0 Å². The van der Waals surface area contributed by atoms with Gasteiger partial charge in [-0.2, -0.15) is 0 Å². The van der Waals surface area contributed by atoms with Gasteiger partial charge in [0.05, 0.1) is 25.3 Å². The van der Waals surface area contributed by atoms with Gasteiger partial charge in [-0.1, -0.05) is 42.8 Å². The predicted octanol–water partition coefficient (Wildman–Crippen LogP) is 4.41. The molecule has 0 aliphatic rings. The molecule has 128 valence electrons. The summed E-state index contributed by atoms with van der Waals surface area (Å²) in [6.07, 6.45) is 0.991. The maximum absolute atomic E-state index is 12.5. The van der Waals surface area contributed by atoms with E-state index < -0.39 is 0 Å². The minimum absolute atomic E-state index is 0.115. The van der Waals surface area contributed by atoms with Crippen LogP contribution in [0, 0.1) is 0 Å². The van der Waals surface area contributed by atoms with E-state index in [0.717, 1.165) is 12.0 Å². The Kier molecular flexibility index (Phi) is 6.10. The number of hydrogen-bond donors (Lipinski definition) is 1. The van der Waals surface area contributed by atoms with Crippen LogP contribution in [-0.4, -0.2) is 20.1 Å². The Morgan fingerprint density at radius 3 is 2.38 bits per heavy atom. The number of carbonyl (C=O) groups excluding carboxylic acids is 1. The number of ether oxygens (including phenoxy) is 2. The first-order valence-corrected chi connectivity index (χ1v) is 8.19. The van der Waals surface area contributed by atoms with Crippen molar-refractivity contribution < 1.29 is 14.3 Å². The predicted molar refractivity (Wildman–Crippen MR) is 96.3 cm³/mol. The van der Waals surface area contributed by atoms with E-state index >= 15 is 0 Å². The fourth-order valence-corrected chi connectivity index (χ4v) is 2.74. The minimum atomic E-state index is -0.218. The van der Waals surface area contributed by atoms with E-state index in [9.17, 15) is 4.79 Å². The quantitative estimate of drug-likeness (QED) is 0.841. The zero-order chi connectivity index (χ0) is 17.7. The Labute approximate surface area is 147 Å². The van der Waals surface area contributed by atoms with Crippen LogP contribution in [0.25, 0.3) is 0 Å². The molecule has 0 saturated carbocycles. The molecule has 4 nitrogen and oxygen atoms in total. The lowest BCUT2D eigenvalue weighted by molar-refractivity contribution is 0.0939. The molecule has 2 rings (SSSR count). The molecule has 0 saturated heterocycles. The Bertz CT molecular complexity index is 713. The summed E-state index contributed by atoms with van der Waals surface area (Å²) in [5.41, 5.74) is 2.74. The first-order valence-electron chi connectivity index (χ1n) is 7.81. The van der Waals surface area contributed by atoms with Gasteiger partial charge in [-0.15, -0.1) is 0 Å². The van der Waals surface area contributed by atoms with Gasteiger partial charge in [0.15, 0.2) is 11.5 Å². The number of carbonyl (C=O) groups is 1. The summed E-state index contributed by atoms with van der Waals surface area (Å²) < 4.78 is 10.4. The first kappa shape index (κ1) is 18.1. The van der Waals surface area contributed by atoms with E-state index in [4.69, 9.17) is 21.1 Å². The van der Waals surface area contributed by atoms with Gasteiger partial charge in [0.25, 0.3) is 5.91 Å². The molecule has 5 heteroatoms. The van der Waals surface area contributed by atoms with Gasteiger partial charge in [0.2, 0.25) is 0 Å². The smallest absolute Gasteiger partial charge is 0.251 e. The van der Waals surface area contributed by atoms with Crippen LogP contribution in [0.3, 0.4) is 0 Å².